The standard InChI is InChI=1S/C9H9BrF2/c1-9(2,12)8-6(10)4-3-5-7(8)11/h3-5H,1-2H3. The van der Waals surface area contributed by atoms with Gasteiger partial charge in [-0.25, -0.2) is 8.78 Å². The van der Waals surface area contributed by atoms with Crippen molar-refractivity contribution < 1.29 is 8.78 Å². The lowest BCUT2D eigenvalue weighted by molar-refractivity contribution is 0.212. The Morgan fingerprint density at radius 3 is 2.25 bits per heavy atom. The minimum atomic E-state index is -1.65. The van der Waals surface area contributed by atoms with Crippen LogP contribution in [0.25, 0.3) is 0 Å². The van der Waals surface area contributed by atoms with E-state index in [1.807, 2.05) is 0 Å². The van der Waals surface area contributed by atoms with Gasteiger partial charge in [0.15, 0.2) is 0 Å². The van der Waals surface area contributed by atoms with Crippen molar-refractivity contribution in [2.24, 2.45) is 0 Å². The summed E-state index contributed by atoms with van der Waals surface area (Å²) >= 11 is 3.10. The molecule has 0 heterocycles. The largest absolute Gasteiger partial charge is 0.239 e. The Morgan fingerprint density at radius 1 is 1.33 bits per heavy atom. The molecule has 1 rings (SSSR count). The van der Waals surface area contributed by atoms with E-state index in [-0.39, 0.29) is 5.56 Å². The highest BCUT2D eigenvalue weighted by atomic mass is 79.9. The number of hydrogen-bond donors (Lipinski definition) is 0. The molecule has 0 unspecified atom stereocenters. The van der Waals surface area contributed by atoms with Crippen molar-refractivity contribution >= 4 is 15.9 Å². The molecule has 0 N–H and O–H groups in total. The van der Waals surface area contributed by atoms with Crippen LogP contribution in [0, 0.1) is 5.82 Å². The third-order valence-electron chi connectivity index (χ3n) is 1.56. The molecule has 0 amide bonds. The Morgan fingerprint density at radius 2 is 1.92 bits per heavy atom. The fraction of sp³-hybridized carbons (Fsp3) is 0.333. The molecule has 0 aromatic heterocycles. The molecule has 3 heteroatoms. The van der Waals surface area contributed by atoms with E-state index in [0.29, 0.717) is 4.47 Å². The molecular weight excluding hydrogens is 226 g/mol. The van der Waals surface area contributed by atoms with Crippen LogP contribution in [0.3, 0.4) is 0 Å². The van der Waals surface area contributed by atoms with Gasteiger partial charge in [0.1, 0.15) is 11.5 Å². The van der Waals surface area contributed by atoms with E-state index < -0.39 is 11.5 Å². The average molecular weight is 235 g/mol. The molecule has 0 atom stereocenters. The van der Waals surface area contributed by atoms with Gasteiger partial charge in [0.05, 0.1) is 0 Å². The van der Waals surface area contributed by atoms with Gasteiger partial charge in [0.2, 0.25) is 0 Å². The summed E-state index contributed by atoms with van der Waals surface area (Å²) in [7, 11) is 0. The highest BCUT2D eigenvalue weighted by Crippen LogP contribution is 2.32. The predicted molar refractivity (Wildman–Crippen MR) is 48.2 cm³/mol. The summed E-state index contributed by atoms with van der Waals surface area (Å²) in [5, 5.41) is 0. The molecule has 0 radical (unpaired) electrons. The van der Waals surface area contributed by atoms with E-state index in [9.17, 15) is 8.78 Å². The van der Waals surface area contributed by atoms with E-state index >= 15 is 0 Å². The van der Waals surface area contributed by atoms with Gasteiger partial charge in [-0.15, -0.1) is 0 Å². The minimum Gasteiger partial charge on any atom is -0.239 e. The minimum absolute atomic E-state index is 0.0741. The zero-order valence-corrected chi connectivity index (χ0v) is 8.45. The van der Waals surface area contributed by atoms with Crippen molar-refractivity contribution in [1.82, 2.24) is 0 Å². The Kier molecular flexibility index (Phi) is 2.52. The lowest BCUT2D eigenvalue weighted by atomic mass is 10.00. The van der Waals surface area contributed by atoms with Crippen molar-refractivity contribution in [2.75, 3.05) is 0 Å². The molecule has 66 valence electrons. The third-order valence-corrected chi connectivity index (χ3v) is 2.22. The first-order chi connectivity index (χ1) is 5.43. The van der Waals surface area contributed by atoms with Crippen LogP contribution in [-0.2, 0) is 5.67 Å². The Hall–Kier alpha value is -0.440. The normalized spacial score (nSPS) is 11.8. The van der Waals surface area contributed by atoms with E-state index in [4.69, 9.17) is 0 Å². The second-order valence-electron chi connectivity index (χ2n) is 3.07. The van der Waals surface area contributed by atoms with Crippen molar-refractivity contribution in [3.8, 4) is 0 Å². The molecule has 0 saturated carbocycles. The summed E-state index contributed by atoms with van der Waals surface area (Å²) < 4.78 is 26.9. The Labute approximate surface area is 78.7 Å². The highest BCUT2D eigenvalue weighted by molar-refractivity contribution is 9.10. The van der Waals surface area contributed by atoms with Crippen molar-refractivity contribution in [3.63, 3.8) is 0 Å². The van der Waals surface area contributed by atoms with Gasteiger partial charge in [-0.1, -0.05) is 22.0 Å². The third kappa shape index (κ3) is 1.83. The summed E-state index contributed by atoms with van der Waals surface area (Å²) in [5.41, 5.74) is -1.57. The lowest BCUT2D eigenvalue weighted by Crippen LogP contribution is -2.12. The van der Waals surface area contributed by atoms with Crippen LogP contribution in [0.1, 0.15) is 19.4 Å². The smallest absolute Gasteiger partial charge is 0.134 e. The lowest BCUT2D eigenvalue weighted by Gasteiger charge is -2.16. The molecule has 0 fully saturated rings. The quantitative estimate of drug-likeness (QED) is 0.694. The summed E-state index contributed by atoms with van der Waals surface area (Å²) in [6.45, 7) is 2.66. The van der Waals surface area contributed by atoms with Crippen LogP contribution < -0.4 is 0 Å². The first-order valence-electron chi connectivity index (χ1n) is 3.56. The van der Waals surface area contributed by atoms with E-state index in [1.165, 1.54) is 26.0 Å². The van der Waals surface area contributed by atoms with Gasteiger partial charge >= 0.3 is 0 Å². The molecule has 0 aliphatic heterocycles. The van der Waals surface area contributed by atoms with Crippen LogP contribution in [0.4, 0.5) is 8.78 Å². The van der Waals surface area contributed by atoms with Crippen LogP contribution in [-0.4, -0.2) is 0 Å². The summed E-state index contributed by atoms with van der Waals surface area (Å²) in [6.07, 6.45) is 0. The van der Waals surface area contributed by atoms with Crippen LogP contribution >= 0.6 is 15.9 Å². The molecule has 0 nitrogen and oxygen atoms in total. The summed E-state index contributed by atoms with van der Waals surface area (Å²) in [5.74, 6) is -0.517. The zero-order chi connectivity index (χ0) is 9.35. The van der Waals surface area contributed by atoms with Gasteiger partial charge in [-0.3, -0.25) is 0 Å². The van der Waals surface area contributed by atoms with Crippen molar-refractivity contribution in [2.45, 2.75) is 19.5 Å². The molecule has 1 aromatic carbocycles. The zero-order valence-electron chi connectivity index (χ0n) is 6.87. The fourth-order valence-corrected chi connectivity index (χ4v) is 1.88. The second kappa shape index (κ2) is 3.13. The van der Waals surface area contributed by atoms with Gasteiger partial charge in [-0.2, -0.15) is 0 Å². The van der Waals surface area contributed by atoms with Crippen LogP contribution in [0.5, 0.6) is 0 Å². The molecule has 0 aliphatic carbocycles. The maximum atomic E-state index is 13.4. The molecular formula is C9H9BrF2. The van der Waals surface area contributed by atoms with E-state index in [1.54, 1.807) is 6.07 Å². The molecule has 1 aromatic rings. The average Bonchev–Trinajstić information content (AvgIpc) is 1.82. The second-order valence-corrected chi connectivity index (χ2v) is 3.92. The molecule has 0 aliphatic rings. The maximum Gasteiger partial charge on any atom is 0.134 e. The number of hydrogen-bond acceptors (Lipinski definition) is 0. The van der Waals surface area contributed by atoms with Crippen molar-refractivity contribution in [1.29, 1.82) is 0 Å². The van der Waals surface area contributed by atoms with Crippen molar-refractivity contribution in [3.05, 3.63) is 34.1 Å². The Balaban J connectivity index is 3.31. The number of rotatable bonds is 1. The van der Waals surface area contributed by atoms with Crippen LogP contribution in [0.15, 0.2) is 22.7 Å². The fourth-order valence-electron chi connectivity index (χ4n) is 1.07. The SMILES string of the molecule is CC(C)(F)c1c(F)cccc1Br. The van der Waals surface area contributed by atoms with Gasteiger partial charge < -0.3 is 0 Å². The van der Waals surface area contributed by atoms with E-state index in [0.717, 1.165) is 0 Å². The molecule has 12 heavy (non-hydrogen) atoms. The first kappa shape index (κ1) is 9.65. The highest BCUT2D eigenvalue weighted by Gasteiger charge is 2.25. The Bertz CT molecular complexity index is 269. The van der Waals surface area contributed by atoms with E-state index in [2.05, 4.69) is 15.9 Å². The monoisotopic (exact) mass is 234 g/mol. The van der Waals surface area contributed by atoms with Gasteiger partial charge in [0, 0.05) is 10.0 Å². The van der Waals surface area contributed by atoms with Gasteiger partial charge in [0.25, 0.3) is 0 Å². The maximum absolute atomic E-state index is 13.4. The number of alkyl halides is 1. The number of benzene rings is 1. The molecule has 0 spiro atoms. The van der Waals surface area contributed by atoms with Crippen LogP contribution in [0.2, 0.25) is 0 Å². The summed E-state index contributed by atoms with van der Waals surface area (Å²) in [6, 6.07) is 4.41. The topological polar surface area (TPSA) is 0 Å². The number of halogens is 3. The summed E-state index contributed by atoms with van der Waals surface area (Å²) in [4.78, 5) is 0. The predicted octanol–water partition coefficient (Wildman–Crippen LogP) is 3.79. The first-order valence-corrected chi connectivity index (χ1v) is 4.35. The molecule has 0 bridgehead atoms. The van der Waals surface area contributed by atoms with Gasteiger partial charge in [-0.05, 0) is 26.0 Å². The molecule has 0 saturated heterocycles.